The zero-order valence-corrected chi connectivity index (χ0v) is 13.5. The molecule has 3 N–H and O–H groups in total. The van der Waals surface area contributed by atoms with Gasteiger partial charge in [-0.15, -0.1) is 0 Å². The molecule has 0 radical (unpaired) electrons. The van der Waals surface area contributed by atoms with Crippen molar-refractivity contribution in [1.29, 1.82) is 0 Å². The third-order valence-corrected chi connectivity index (χ3v) is 4.18. The van der Waals surface area contributed by atoms with E-state index in [1.165, 1.54) is 12.8 Å². The number of nitrogens with zero attached hydrogens (tertiary/aromatic N) is 2. The number of nitrogens with one attached hydrogen (secondary N) is 1. The average molecular weight is 292 g/mol. The Morgan fingerprint density at radius 2 is 2.20 bits per heavy atom. The number of hydrogen-bond acceptors (Lipinski definition) is 4. The Kier molecular flexibility index (Phi) is 4.60. The van der Waals surface area contributed by atoms with E-state index in [9.17, 15) is 0 Å². The molecule has 2 rings (SSSR count). The molecule has 1 aromatic heterocycles. The van der Waals surface area contributed by atoms with E-state index in [2.05, 4.69) is 29.2 Å². The minimum atomic E-state index is 0.403. The SMILES string of the molecule is Cc1cc(C)c(C(N)=S)c(NCC(C)N(C)C2CC2)n1. The summed E-state index contributed by atoms with van der Waals surface area (Å²) in [4.78, 5) is 7.38. The van der Waals surface area contributed by atoms with E-state index < -0.39 is 0 Å². The summed E-state index contributed by atoms with van der Waals surface area (Å²) in [5.41, 5.74) is 8.76. The van der Waals surface area contributed by atoms with Crippen molar-refractivity contribution in [3.8, 4) is 0 Å². The van der Waals surface area contributed by atoms with Crippen molar-refractivity contribution in [2.45, 2.75) is 45.7 Å². The molecule has 1 aliphatic rings. The van der Waals surface area contributed by atoms with Gasteiger partial charge >= 0.3 is 0 Å². The molecule has 0 amide bonds. The maximum absolute atomic E-state index is 5.83. The maximum Gasteiger partial charge on any atom is 0.136 e. The monoisotopic (exact) mass is 292 g/mol. The van der Waals surface area contributed by atoms with Crippen LogP contribution in [0.15, 0.2) is 6.07 Å². The molecular formula is C15H24N4S. The molecule has 1 aliphatic carbocycles. The van der Waals surface area contributed by atoms with Crippen molar-refractivity contribution in [1.82, 2.24) is 9.88 Å². The van der Waals surface area contributed by atoms with Crippen LogP contribution < -0.4 is 11.1 Å². The average Bonchev–Trinajstić information content (AvgIpc) is 3.17. The summed E-state index contributed by atoms with van der Waals surface area (Å²) in [6.45, 7) is 7.09. The van der Waals surface area contributed by atoms with Crippen LogP contribution in [0.1, 0.15) is 36.6 Å². The second-order valence-corrected chi connectivity index (χ2v) is 6.23. The topological polar surface area (TPSA) is 54.2 Å². The molecule has 4 nitrogen and oxygen atoms in total. The largest absolute Gasteiger partial charge is 0.389 e. The fourth-order valence-electron chi connectivity index (χ4n) is 2.51. The number of pyridine rings is 1. The summed E-state index contributed by atoms with van der Waals surface area (Å²) in [6, 6.07) is 3.23. The zero-order valence-electron chi connectivity index (χ0n) is 12.7. The third kappa shape index (κ3) is 3.46. The van der Waals surface area contributed by atoms with Crippen LogP contribution in [-0.2, 0) is 0 Å². The molecule has 1 unspecified atom stereocenters. The van der Waals surface area contributed by atoms with Gasteiger partial charge in [0.05, 0.1) is 5.56 Å². The Hall–Kier alpha value is -1.20. The van der Waals surface area contributed by atoms with Crippen LogP contribution in [-0.4, -0.2) is 40.5 Å². The first-order chi connectivity index (χ1) is 9.40. The lowest BCUT2D eigenvalue weighted by molar-refractivity contribution is 0.257. The van der Waals surface area contributed by atoms with Crippen LogP contribution in [0.2, 0.25) is 0 Å². The molecule has 1 aromatic rings. The highest BCUT2D eigenvalue weighted by Gasteiger charge is 2.29. The number of aryl methyl sites for hydroxylation is 2. The van der Waals surface area contributed by atoms with Crippen molar-refractivity contribution in [3.63, 3.8) is 0 Å². The van der Waals surface area contributed by atoms with Crippen LogP contribution in [0, 0.1) is 13.8 Å². The first kappa shape index (κ1) is 15.2. The Morgan fingerprint density at radius 3 is 2.75 bits per heavy atom. The molecule has 0 spiro atoms. The van der Waals surface area contributed by atoms with Crippen LogP contribution in [0.25, 0.3) is 0 Å². The number of hydrogen-bond donors (Lipinski definition) is 2. The molecule has 110 valence electrons. The highest BCUT2D eigenvalue weighted by Crippen LogP contribution is 2.27. The lowest BCUT2D eigenvalue weighted by Gasteiger charge is -2.25. The number of rotatable bonds is 6. The number of nitrogens with two attached hydrogens (primary N) is 1. The van der Waals surface area contributed by atoms with Gasteiger partial charge in [0.2, 0.25) is 0 Å². The summed E-state index contributed by atoms with van der Waals surface area (Å²) < 4.78 is 0. The van der Waals surface area contributed by atoms with Gasteiger partial charge in [0.15, 0.2) is 0 Å². The molecular weight excluding hydrogens is 268 g/mol. The molecule has 0 aromatic carbocycles. The number of aromatic nitrogens is 1. The maximum atomic E-state index is 5.83. The molecule has 20 heavy (non-hydrogen) atoms. The molecule has 5 heteroatoms. The summed E-state index contributed by atoms with van der Waals surface area (Å²) in [7, 11) is 2.19. The van der Waals surface area contributed by atoms with Gasteiger partial charge in [-0.2, -0.15) is 0 Å². The van der Waals surface area contributed by atoms with Crippen molar-refractivity contribution < 1.29 is 0 Å². The van der Waals surface area contributed by atoms with E-state index in [1.807, 2.05) is 19.9 Å². The lowest BCUT2D eigenvalue weighted by Crippen LogP contribution is -2.36. The number of anilines is 1. The summed E-state index contributed by atoms with van der Waals surface area (Å²) in [6.07, 6.45) is 2.64. The summed E-state index contributed by atoms with van der Waals surface area (Å²) >= 11 is 5.15. The van der Waals surface area contributed by atoms with E-state index in [0.29, 0.717) is 11.0 Å². The Balaban J connectivity index is 2.10. The first-order valence-corrected chi connectivity index (χ1v) is 7.54. The molecule has 1 heterocycles. The van der Waals surface area contributed by atoms with E-state index >= 15 is 0 Å². The zero-order chi connectivity index (χ0) is 14.9. The minimum Gasteiger partial charge on any atom is -0.389 e. The highest BCUT2D eigenvalue weighted by molar-refractivity contribution is 7.80. The first-order valence-electron chi connectivity index (χ1n) is 7.14. The fraction of sp³-hybridized carbons (Fsp3) is 0.600. The predicted molar refractivity (Wildman–Crippen MR) is 88.3 cm³/mol. The van der Waals surface area contributed by atoms with E-state index in [0.717, 1.165) is 35.2 Å². The highest BCUT2D eigenvalue weighted by atomic mass is 32.1. The number of thiocarbonyl (C=S) groups is 1. The summed E-state index contributed by atoms with van der Waals surface area (Å²) in [5, 5.41) is 3.42. The van der Waals surface area contributed by atoms with E-state index in [-0.39, 0.29) is 0 Å². The third-order valence-electron chi connectivity index (χ3n) is 3.97. The van der Waals surface area contributed by atoms with Gasteiger partial charge in [-0.05, 0) is 52.3 Å². The van der Waals surface area contributed by atoms with Gasteiger partial charge in [0, 0.05) is 24.3 Å². The molecule has 0 aliphatic heterocycles. The normalized spacial score (nSPS) is 16.2. The number of likely N-dealkylation sites (N-methyl/N-ethyl adjacent to an activating group) is 1. The van der Waals surface area contributed by atoms with Crippen molar-refractivity contribution in [2.75, 3.05) is 18.9 Å². The molecule has 0 saturated heterocycles. The van der Waals surface area contributed by atoms with Crippen molar-refractivity contribution >= 4 is 23.0 Å². The molecule has 1 saturated carbocycles. The fourth-order valence-corrected chi connectivity index (χ4v) is 2.76. The smallest absolute Gasteiger partial charge is 0.136 e. The van der Waals surface area contributed by atoms with Gasteiger partial charge in [-0.1, -0.05) is 12.2 Å². The second-order valence-electron chi connectivity index (χ2n) is 5.79. The minimum absolute atomic E-state index is 0.403. The van der Waals surface area contributed by atoms with Gasteiger partial charge in [0.25, 0.3) is 0 Å². The molecule has 0 bridgehead atoms. The Labute approximate surface area is 126 Å². The van der Waals surface area contributed by atoms with Crippen LogP contribution in [0.4, 0.5) is 5.82 Å². The standard InChI is InChI=1S/C15H24N4S/c1-9-7-10(2)18-15(13(9)14(16)20)17-8-11(3)19(4)12-5-6-12/h7,11-12H,5-6,8H2,1-4H3,(H2,16,20)(H,17,18). The Bertz CT molecular complexity index is 511. The Morgan fingerprint density at radius 1 is 1.55 bits per heavy atom. The quantitative estimate of drug-likeness (QED) is 0.788. The van der Waals surface area contributed by atoms with Crippen molar-refractivity contribution in [2.24, 2.45) is 5.73 Å². The van der Waals surface area contributed by atoms with Gasteiger partial charge in [0.1, 0.15) is 10.8 Å². The molecule has 1 atom stereocenters. The summed E-state index contributed by atoms with van der Waals surface area (Å²) in [5.74, 6) is 0.811. The second kappa shape index (κ2) is 6.06. The van der Waals surface area contributed by atoms with E-state index in [1.54, 1.807) is 0 Å². The van der Waals surface area contributed by atoms with Crippen molar-refractivity contribution in [3.05, 3.63) is 22.9 Å². The van der Waals surface area contributed by atoms with Crippen LogP contribution >= 0.6 is 12.2 Å². The lowest BCUT2D eigenvalue weighted by atomic mass is 10.1. The van der Waals surface area contributed by atoms with Gasteiger partial charge in [-0.3, -0.25) is 4.90 Å². The van der Waals surface area contributed by atoms with Crippen LogP contribution in [0.5, 0.6) is 0 Å². The van der Waals surface area contributed by atoms with Gasteiger partial charge < -0.3 is 11.1 Å². The van der Waals surface area contributed by atoms with E-state index in [4.69, 9.17) is 18.0 Å². The van der Waals surface area contributed by atoms with Gasteiger partial charge in [-0.25, -0.2) is 4.98 Å². The van der Waals surface area contributed by atoms with Crippen LogP contribution in [0.3, 0.4) is 0 Å². The predicted octanol–water partition coefficient (Wildman–Crippen LogP) is 2.23. The molecule has 1 fully saturated rings.